The molecule has 0 bridgehead atoms. The molecule has 18 heavy (non-hydrogen) atoms. The smallest absolute Gasteiger partial charge is 0.263 e. The highest BCUT2D eigenvalue weighted by Gasteiger charge is 2.16. The first kappa shape index (κ1) is 12.9. The number of carbonyl (C=O) groups is 1. The molecule has 1 unspecified atom stereocenters. The van der Waals surface area contributed by atoms with E-state index in [9.17, 15) is 4.79 Å². The van der Waals surface area contributed by atoms with Crippen LogP contribution < -0.4 is 5.32 Å². The van der Waals surface area contributed by atoms with Crippen LogP contribution in [-0.2, 0) is 0 Å². The summed E-state index contributed by atoms with van der Waals surface area (Å²) < 4.78 is 1.91. The molecule has 0 aliphatic carbocycles. The fourth-order valence-electron chi connectivity index (χ4n) is 1.70. The third-order valence-corrected chi connectivity index (χ3v) is 3.68. The summed E-state index contributed by atoms with van der Waals surface area (Å²) in [5.41, 5.74) is 0.871. The highest BCUT2D eigenvalue weighted by atomic mass is 32.1. The topological polar surface area (TPSA) is 54.3 Å². The van der Waals surface area contributed by atoms with E-state index in [1.807, 2.05) is 47.5 Å². The molecule has 96 valence electrons. The number of nitrogens with one attached hydrogen (secondary N) is 1. The van der Waals surface area contributed by atoms with Crippen LogP contribution in [0.15, 0.2) is 36.0 Å². The third-order valence-electron chi connectivity index (χ3n) is 2.78. The minimum Gasteiger partial charge on any atom is -0.394 e. The molecule has 0 saturated carbocycles. The highest BCUT2D eigenvalue weighted by molar-refractivity contribution is 7.12. The Bertz CT molecular complexity index is 501. The standard InChI is InChI=1S/C13H16N2O2S/c1-2-10(9-16)14-13(17)12-11(5-8-18-12)15-6-3-4-7-15/h3-8,10,16H,2,9H2,1H3,(H,14,17). The first-order chi connectivity index (χ1) is 8.76. The molecule has 2 N–H and O–H groups in total. The van der Waals surface area contributed by atoms with Crippen LogP contribution in [-0.4, -0.2) is 28.2 Å². The predicted molar refractivity (Wildman–Crippen MR) is 72.3 cm³/mol. The van der Waals surface area contributed by atoms with E-state index >= 15 is 0 Å². The van der Waals surface area contributed by atoms with Crippen LogP contribution in [0.5, 0.6) is 0 Å². The molecule has 4 nitrogen and oxygen atoms in total. The second-order valence-corrected chi connectivity index (χ2v) is 4.90. The zero-order valence-electron chi connectivity index (χ0n) is 10.2. The van der Waals surface area contributed by atoms with Crippen molar-refractivity contribution < 1.29 is 9.90 Å². The Morgan fingerprint density at radius 3 is 2.83 bits per heavy atom. The number of aliphatic hydroxyl groups excluding tert-OH is 1. The molecule has 2 aromatic heterocycles. The zero-order chi connectivity index (χ0) is 13.0. The molecule has 0 spiro atoms. The van der Waals surface area contributed by atoms with Crippen LogP contribution >= 0.6 is 11.3 Å². The molecule has 0 saturated heterocycles. The van der Waals surface area contributed by atoms with Gasteiger partial charge < -0.3 is 15.0 Å². The first-order valence-corrected chi connectivity index (χ1v) is 6.76. The van der Waals surface area contributed by atoms with Crippen molar-refractivity contribution in [1.29, 1.82) is 0 Å². The number of amides is 1. The number of nitrogens with zero attached hydrogens (tertiary/aromatic N) is 1. The molecule has 0 fully saturated rings. The van der Waals surface area contributed by atoms with Gasteiger partial charge in [0.25, 0.3) is 5.91 Å². The Morgan fingerprint density at radius 1 is 1.50 bits per heavy atom. The lowest BCUT2D eigenvalue weighted by Gasteiger charge is -2.14. The molecule has 0 aromatic carbocycles. The zero-order valence-corrected chi connectivity index (χ0v) is 11.0. The maximum Gasteiger partial charge on any atom is 0.263 e. The Morgan fingerprint density at radius 2 is 2.22 bits per heavy atom. The number of hydrogen-bond acceptors (Lipinski definition) is 3. The van der Waals surface area contributed by atoms with E-state index in [0.29, 0.717) is 11.3 Å². The SMILES string of the molecule is CCC(CO)NC(=O)c1sccc1-n1cccc1. The lowest BCUT2D eigenvalue weighted by atomic mass is 10.2. The maximum absolute atomic E-state index is 12.1. The van der Waals surface area contributed by atoms with Crippen molar-refractivity contribution in [3.05, 3.63) is 40.8 Å². The third kappa shape index (κ3) is 2.63. The summed E-state index contributed by atoms with van der Waals surface area (Å²) in [6.45, 7) is 1.90. The number of thiophene rings is 1. The van der Waals surface area contributed by atoms with Gasteiger partial charge in [0.2, 0.25) is 0 Å². The number of hydrogen-bond donors (Lipinski definition) is 2. The van der Waals surface area contributed by atoms with E-state index in [1.165, 1.54) is 11.3 Å². The number of carbonyl (C=O) groups excluding carboxylic acids is 1. The number of aromatic nitrogens is 1. The molecule has 2 aromatic rings. The monoisotopic (exact) mass is 264 g/mol. The van der Waals surface area contributed by atoms with Gasteiger partial charge in [-0.05, 0) is 30.0 Å². The minimum absolute atomic E-state index is 0.0352. The molecule has 5 heteroatoms. The van der Waals surface area contributed by atoms with Crippen LogP contribution in [0.1, 0.15) is 23.0 Å². The van der Waals surface area contributed by atoms with E-state index in [-0.39, 0.29) is 18.6 Å². The Hall–Kier alpha value is -1.59. The summed E-state index contributed by atoms with van der Waals surface area (Å²) in [6, 6.07) is 5.57. The quantitative estimate of drug-likeness (QED) is 0.868. The lowest BCUT2D eigenvalue weighted by Crippen LogP contribution is -2.36. The van der Waals surface area contributed by atoms with Crippen molar-refractivity contribution in [1.82, 2.24) is 9.88 Å². The van der Waals surface area contributed by atoms with Crippen molar-refractivity contribution in [2.45, 2.75) is 19.4 Å². The number of rotatable bonds is 5. The second-order valence-electron chi connectivity index (χ2n) is 3.99. The van der Waals surface area contributed by atoms with Crippen molar-refractivity contribution in [3.63, 3.8) is 0 Å². The fraction of sp³-hybridized carbons (Fsp3) is 0.308. The van der Waals surface area contributed by atoms with Crippen LogP contribution in [0.4, 0.5) is 0 Å². The maximum atomic E-state index is 12.1. The minimum atomic E-state index is -0.183. The summed E-state index contributed by atoms with van der Waals surface area (Å²) in [6.07, 6.45) is 4.52. The normalized spacial score (nSPS) is 12.3. The molecule has 0 aliphatic heterocycles. The molecule has 0 aliphatic rings. The first-order valence-electron chi connectivity index (χ1n) is 5.88. The van der Waals surface area contributed by atoms with Crippen molar-refractivity contribution in [3.8, 4) is 5.69 Å². The molecular weight excluding hydrogens is 248 g/mol. The van der Waals surface area contributed by atoms with Gasteiger partial charge in [-0.25, -0.2) is 0 Å². The highest BCUT2D eigenvalue weighted by Crippen LogP contribution is 2.21. The summed E-state index contributed by atoms with van der Waals surface area (Å²) in [7, 11) is 0. The molecular formula is C13H16N2O2S. The van der Waals surface area contributed by atoms with Gasteiger partial charge in [0.1, 0.15) is 4.88 Å². The molecule has 0 radical (unpaired) electrons. The largest absolute Gasteiger partial charge is 0.394 e. The van der Waals surface area contributed by atoms with E-state index in [4.69, 9.17) is 5.11 Å². The Balaban J connectivity index is 2.19. The average Bonchev–Trinajstić information content (AvgIpc) is 3.04. The van der Waals surface area contributed by atoms with Crippen LogP contribution in [0.25, 0.3) is 5.69 Å². The summed E-state index contributed by atoms with van der Waals surface area (Å²) in [5, 5.41) is 13.8. The van der Waals surface area contributed by atoms with Gasteiger partial charge in [0.15, 0.2) is 0 Å². The molecule has 1 atom stereocenters. The summed E-state index contributed by atoms with van der Waals surface area (Å²) in [4.78, 5) is 12.8. The van der Waals surface area contributed by atoms with Gasteiger partial charge in [-0.15, -0.1) is 11.3 Å². The average molecular weight is 264 g/mol. The van der Waals surface area contributed by atoms with Crippen LogP contribution in [0.2, 0.25) is 0 Å². The summed E-state index contributed by atoms with van der Waals surface area (Å²) >= 11 is 1.40. The fourth-order valence-corrected chi connectivity index (χ4v) is 2.49. The van der Waals surface area contributed by atoms with Crippen molar-refractivity contribution >= 4 is 17.2 Å². The molecule has 2 heterocycles. The second kappa shape index (κ2) is 5.84. The predicted octanol–water partition coefficient (Wildman–Crippen LogP) is 2.04. The Kier molecular flexibility index (Phi) is 4.17. The van der Waals surface area contributed by atoms with Crippen molar-refractivity contribution in [2.75, 3.05) is 6.61 Å². The van der Waals surface area contributed by atoms with Crippen LogP contribution in [0, 0.1) is 0 Å². The summed E-state index contributed by atoms with van der Waals surface area (Å²) in [5.74, 6) is -0.130. The Labute approximate surface area is 110 Å². The van der Waals surface area contributed by atoms with E-state index < -0.39 is 0 Å². The van der Waals surface area contributed by atoms with E-state index in [2.05, 4.69) is 5.32 Å². The number of aliphatic hydroxyl groups is 1. The van der Waals surface area contributed by atoms with Gasteiger partial charge in [-0.3, -0.25) is 4.79 Å². The van der Waals surface area contributed by atoms with Gasteiger partial charge in [-0.1, -0.05) is 6.92 Å². The van der Waals surface area contributed by atoms with Crippen LogP contribution in [0.3, 0.4) is 0 Å². The van der Waals surface area contributed by atoms with E-state index in [1.54, 1.807) is 0 Å². The van der Waals surface area contributed by atoms with E-state index in [0.717, 1.165) is 5.69 Å². The molecule has 2 rings (SSSR count). The lowest BCUT2D eigenvalue weighted by molar-refractivity contribution is 0.0919. The van der Waals surface area contributed by atoms with Gasteiger partial charge in [-0.2, -0.15) is 0 Å². The molecule has 1 amide bonds. The van der Waals surface area contributed by atoms with Crippen molar-refractivity contribution in [2.24, 2.45) is 0 Å². The van der Waals surface area contributed by atoms with Gasteiger partial charge >= 0.3 is 0 Å². The van der Waals surface area contributed by atoms with Gasteiger partial charge in [0, 0.05) is 12.4 Å². The van der Waals surface area contributed by atoms with Gasteiger partial charge in [0.05, 0.1) is 18.3 Å².